The molecule has 29 heavy (non-hydrogen) atoms. The van der Waals surface area contributed by atoms with Gasteiger partial charge in [-0.15, -0.1) is 0 Å². The maximum absolute atomic E-state index is 12.6. The second-order valence-electron chi connectivity index (χ2n) is 5.93. The lowest BCUT2D eigenvalue weighted by Crippen LogP contribution is -2.27. The van der Waals surface area contributed by atoms with Crippen LogP contribution in [-0.2, 0) is 19.1 Å². The monoisotopic (exact) mass is 390 g/mol. The summed E-state index contributed by atoms with van der Waals surface area (Å²) in [6, 6.07) is 9.94. The molecule has 0 spiro atoms. The zero-order chi connectivity index (χ0) is 20.8. The van der Waals surface area contributed by atoms with Crippen LogP contribution in [0.5, 0.6) is 0 Å². The first-order valence-electron chi connectivity index (χ1n) is 8.66. The summed E-state index contributed by atoms with van der Waals surface area (Å²) in [7, 11) is 2.47. The van der Waals surface area contributed by atoms with Gasteiger partial charge in [-0.25, -0.2) is 9.59 Å². The van der Waals surface area contributed by atoms with E-state index in [1.54, 1.807) is 67.1 Å². The predicted octanol–water partition coefficient (Wildman–Crippen LogP) is 2.80. The smallest absolute Gasteiger partial charge is 0.355 e. The zero-order valence-electron chi connectivity index (χ0n) is 15.9. The molecule has 0 saturated carbocycles. The van der Waals surface area contributed by atoms with Crippen molar-refractivity contribution in [3.63, 3.8) is 0 Å². The summed E-state index contributed by atoms with van der Waals surface area (Å²) in [4.78, 5) is 42.6. The van der Waals surface area contributed by atoms with Gasteiger partial charge in [0, 0.05) is 35.4 Å². The molecule has 3 rings (SSSR count). The molecular formula is C22H18N2O5. The minimum atomic E-state index is -0.696. The number of ketones is 1. The molecule has 2 aromatic rings. The van der Waals surface area contributed by atoms with Crippen molar-refractivity contribution in [1.82, 2.24) is 4.98 Å². The van der Waals surface area contributed by atoms with Crippen LogP contribution in [0.4, 0.5) is 5.69 Å². The maximum atomic E-state index is 12.6. The molecule has 1 aliphatic rings. The van der Waals surface area contributed by atoms with Crippen molar-refractivity contribution in [2.24, 2.45) is 0 Å². The van der Waals surface area contributed by atoms with Gasteiger partial charge < -0.3 is 14.4 Å². The van der Waals surface area contributed by atoms with E-state index in [1.165, 1.54) is 25.2 Å². The molecule has 0 saturated heterocycles. The highest BCUT2D eigenvalue weighted by Crippen LogP contribution is 2.27. The quantitative estimate of drug-likeness (QED) is 0.573. The molecular weight excluding hydrogens is 372 g/mol. The molecule has 0 unspecified atom stereocenters. The fraction of sp³-hybridized carbons (Fsp3) is 0.0909. The van der Waals surface area contributed by atoms with E-state index >= 15 is 0 Å². The van der Waals surface area contributed by atoms with Gasteiger partial charge >= 0.3 is 11.9 Å². The molecule has 1 aliphatic heterocycles. The van der Waals surface area contributed by atoms with Gasteiger partial charge in [0.15, 0.2) is 5.78 Å². The Hall–Kier alpha value is -4.00. The lowest BCUT2D eigenvalue weighted by molar-refractivity contribution is -0.139. The van der Waals surface area contributed by atoms with Crippen molar-refractivity contribution in [3.8, 4) is 0 Å². The molecule has 2 heterocycles. The third kappa shape index (κ3) is 4.14. The van der Waals surface area contributed by atoms with Crippen LogP contribution in [0.15, 0.2) is 84.5 Å². The van der Waals surface area contributed by atoms with Gasteiger partial charge in [0.25, 0.3) is 0 Å². The van der Waals surface area contributed by atoms with Crippen LogP contribution in [0.3, 0.4) is 0 Å². The molecule has 7 nitrogen and oxygen atoms in total. The Kier molecular flexibility index (Phi) is 5.99. The summed E-state index contributed by atoms with van der Waals surface area (Å²) in [5, 5.41) is 0. The maximum Gasteiger partial charge on any atom is 0.355 e. The number of rotatable bonds is 5. The van der Waals surface area contributed by atoms with Crippen LogP contribution in [0, 0.1) is 0 Å². The second-order valence-corrected chi connectivity index (χ2v) is 5.93. The molecule has 0 aliphatic carbocycles. The zero-order valence-corrected chi connectivity index (χ0v) is 15.9. The van der Waals surface area contributed by atoms with E-state index in [-0.39, 0.29) is 17.1 Å². The number of methoxy groups -OCH3 is 2. The topological polar surface area (TPSA) is 85.8 Å². The number of carbonyl (C=O) groups is 3. The van der Waals surface area contributed by atoms with Crippen molar-refractivity contribution in [3.05, 3.63) is 95.6 Å². The van der Waals surface area contributed by atoms with E-state index in [0.29, 0.717) is 16.8 Å². The number of benzene rings is 1. The summed E-state index contributed by atoms with van der Waals surface area (Å²) >= 11 is 0. The SMILES string of the molecule is COC(=O)C1=C(C(=O)OC)N(c2ccc(C(=O)c3ccncc3)cc2)C=CC=C1. The minimum absolute atomic E-state index is 0.0116. The van der Waals surface area contributed by atoms with E-state index in [4.69, 9.17) is 9.47 Å². The van der Waals surface area contributed by atoms with E-state index in [0.717, 1.165) is 0 Å². The number of nitrogens with zero attached hydrogens (tertiary/aromatic N) is 2. The fourth-order valence-corrected chi connectivity index (χ4v) is 2.81. The third-order valence-electron chi connectivity index (χ3n) is 4.24. The largest absolute Gasteiger partial charge is 0.465 e. The molecule has 0 N–H and O–H groups in total. The number of hydrogen-bond donors (Lipinski definition) is 0. The van der Waals surface area contributed by atoms with Crippen LogP contribution < -0.4 is 4.90 Å². The molecule has 1 aromatic heterocycles. The van der Waals surface area contributed by atoms with Gasteiger partial charge in [-0.2, -0.15) is 0 Å². The molecule has 0 amide bonds. The first-order chi connectivity index (χ1) is 14.1. The highest BCUT2D eigenvalue weighted by Gasteiger charge is 2.27. The van der Waals surface area contributed by atoms with Gasteiger partial charge in [-0.1, -0.05) is 6.08 Å². The van der Waals surface area contributed by atoms with Gasteiger partial charge in [0.05, 0.1) is 19.8 Å². The Labute approximate surface area is 167 Å². The lowest BCUT2D eigenvalue weighted by atomic mass is 10.0. The van der Waals surface area contributed by atoms with Crippen molar-refractivity contribution < 1.29 is 23.9 Å². The van der Waals surface area contributed by atoms with E-state index in [2.05, 4.69) is 4.98 Å². The third-order valence-corrected chi connectivity index (χ3v) is 4.24. The van der Waals surface area contributed by atoms with Crippen molar-refractivity contribution >= 4 is 23.4 Å². The average Bonchev–Trinajstić information content (AvgIpc) is 3.01. The second kappa shape index (κ2) is 8.79. The standard InChI is InChI=1S/C22H18N2O5/c1-28-21(26)18-5-3-4-14-24(19(18)22(27)29-2)17-8-6-15(7-9-17)20(25)16-10-12-23-13-11-16/h3-14H,1-2H3. The number of anilines is 1. The Morgan fingerprint density at radius 3 is 2.07 bits per heavy atom. The highest BCUT2D eigenvalue weighted by atomic mass is 16.5. The van der Waals surface area contributed by atoms with Crippen molar-refractivity contribution in [2.45, 2.75) is 0 Å². The van der Waals surface area contributed by atoms with Crippen LogP contribution in [0.25, 0.3) is 0 Å². The fourth-order valence-electron chi connectivity index (χ4n) is 2.81. The Balaban J connectivity index is 2.00. The Morgan fingerprint density at radius 2 is 1.45 bits per heavy atom. The molecule has 0 bridgehead atoms. The number of hydrogen-bond acceptors (Lipinski definition) is 7. The Bertz CT molecular complexity index is 1020. The molecule has 1 aromatic carbocycles. The first kappa shape index (κ1) is 19.8. The number of pyridine rings is 1. The molecule has 0 radical (unpaired) electrons. The minimum Gasteiger partial charge on any atom is -0.465 e. The average molecular weight is 390 g/mol. The van der Waals surface area contributed by atoms with Gasteiger partial charge in [0.2, 0.25) is 0 Å². The van der Waals surface area contributed by atoms with Crippen LogP contribution in [-0.4, -0.2) is 36.9 Å². The van der Waals surface area contributed by atoms with E-state index < -0.39 is 11.9 Å². The molecule has 7 heteroatoms. The van der Waals surface area contributed by atoms with Gasteiger partial charge in [-0.3, -0.25) is 9.78 Å². The number of carbonyl (C=O) groups excluding carboxylic acids is 3. The van der Waals surface area contributed by atoms with Crippen LogP contribution in [0.1, 0.15) is 15.9 Å². The summed E-state index contributed by atoms with van der Waals surface area (Å²) in [6.45, 7) is 0. The summed E-state index contributed by atoms with van der Waals surface area (Å²) in [5.41, 5.74) is 1.64. The predicted molar refractivity (Wildman–Crippen MR) is 106 cm³/mol. The summed E-state index contributed by atoms with van der Waals surface area (Å²) in [6.07, 6.45) is 9.51. The number of ether oxygens (including phenoxy) is 2. The molecule has 0 fully saturated rings. The molecule has 146 valence electrons. The lowest BCUT2D eigenvalue weighted by Gasteiger charge is -2.23. The first-order valence-corrected chi connectivity index (χ1v) is 8.66. The molecule has 0 atom stereocenters. The van der Waals surface area contributed by atoms with Crippen molar-refractivity contribution in [1.29, 1.82) is 0 Å². The van der Waals surface area contributed by atoms with E-state index in [1.807, 2.05) is 0 Å². The number of esters is 2. The van der Waals surface area contributed by atoms with Crippen molar-refractivity contribution in [2.75, 3.05) is 19.1 Å². The highest BCUT2D eigenvalue weighted by molar-refractivity contribution is 6.09. The summed E-state index contributed by atoms with van der Waals surface area (Å²) < 4.78 is 9.66. The normalized spacial score (nSPS) is 13.1. The van der Waals surface area contributed by atoms with Gasteiger partial charge in [-0.05, 0) is 48.6 Å². The van der Waals surface area contributed by atoms with Gasteiger partial charge in [0.1, 0.15) is 5.70 Å². The summed E-state index contributed by atoms with van der Waals surface area (Å²) in [5.74, 6) is -1.51. The number of aromatic nitrogens is 1. The van der Waals surface area contributed by atoms with Crippen LogP contribution >= 0.6 is 0 Å². The van der Waals surface area contributed by atoms with E-state index in [9.17, 15) is 14.4 Å². The number of allylic oxidation sites excluding steroid dienone is 2. The van der Waals surface area contributed by atoms with Crippen LogP contribution in [0.2, 0.25) is 0 Å². The Morgan fingerprint density at radius 1 is 0.828 bits per heavy atom.